The zero-order chi connectivity index (χ0) is 13.4. The molecule has 0 spiro atoms. The third-order valence-corrected chi connectivity index (χ3v) is 4.01. The van der Waals surface area contributed by atoms with Gasteiger partial charge in [-0.3, -0.25) is 4.79 Å². The number of benzene rings is 1. The smallest absolute Gasteiger partial charge is 0.251 e. The maximum atomic E-state index is 11.8. The molecule has 19 heavy (non-hydrogen) atoms. The highest BCUT2D eigenvalue weighted by Crippen LogP contribution is 2.33. The highest BCUT2D eigenvalue weighted by molar-refractivity contribution is 6.22. The summed E-state index contributed by atoms with van der Waals surface area (Å²) in [6.07, 6.45) is 2.50. The number of nitrogens with one attached hydrogen (secondary N) is 1. The van der Waals surface area contributed by atoms with Gasteiger partial charge in [0.15, 0.2) is 0 Å². The van der Waals surface area contributed by atoms with Crippen LogP contribution in [0, 0.1) is 6.92 Å². The molecule has 1 N–H and O–H groups in total. The first-order valence-corrected chi connectivity index (χ1v) is 6.69. The van der Waals surface area contributed by atoms with Crippen LogP contribution in [0.5, 0.6) is 0 Å². The van der Waals surface area contributed by atoms with Crippen LogP contribution in [0.2, 0.25) is 0 Å². The number of rotatable bonds is 2. The first kappa shape index (κ1) is 12.3. The number of amides is 1. The Labute approximate surface area is 116 Å². The third kappa shape index (κ3) is 2.15. The lowest BCUT2D eigenvalue weighted by molar-refractivity contribution is 0.0946. The Morgan fingerprint density at radius 3 is 2.95 bits per heavy atom. The van der Waals surface area contributed by atoms with E-state index in [0.717, 1.165) is 34.4 Å². The van der Waals surface area contributed by atoms with Crippen LogP contribution in [-0.4, -0.2) is 12.5 Å². The molecule has 0 bridgehead atoms. The van der Waals surface area contributed by atoms with E-state index in [1.807, 2.05) is 31.2 Å². The van der Waals surface area contributed by atoms with Gasteiger partial charge in [-0.05, 0) is 36.6 Å². The van der Waals surface area contributed by atoms with Crippen LogP contribution in [0.25, 0.3) is 0 Å². The summed E-state index contributed by atoms with van der Waals surface area (Å²) in [5.74, 6) is 0.790. The molecule has 4 heteroatoms. The van der Waals surface area contributed by atoms with Crippen molar-refractivity contribution in [2.24, 2.45) is 0 Å². The predicted octanol–water partition coefficient (Wildman–Crippen LogP) is 3.20. The van der Waals surface area contributed by atoms with Crippen molar-refractivity contribution in [3.05, 3.63) is 58.5 Å². The fourth-order valence-corrected chi connectivity index (χ4v) is 2.79. The lowest BCUT2D eigenvalue weighted by atomic mass is 9.95. The van der Waals surface area contributed by atoms with Gasteiger partial charge >= 0.3 is 0 Å². The van der Waals surface area contributed by atoms with Crippen molar-refractivity contribution in [2.45, 2.75) is 18.7 Å². The lowest BCUT2D eigenvalue weighted by Crippen LogP contribution is -2.31. The summed E-state index contributed by atoms with van der Waals surface area (Å²) in [4.78, 5) is 11.8. The lowest BCUT2D eigenvalue weighted by Gasteiger charge is -2.18. The average Bonchev–Trinajstić information content (AvgIpc) is 2.84. The molecule has 0 radical (unpaired) electrons. The molecule has 98 valence electrons. The SMILES string of the molecule is Cc1occc1C(Cl)c1ccc2c(c1)C(=O)NCC2. The largest absolute Gasteiger partial charge is 0.469 e. The number of hydrogen-bond donors (Lipinski definition) is 1. The Morgan fingerprint density at radius 1 is 1.37 bits per heavy atom. The van der Waals surface area contributed by atoms with Crippen LogP contribution in [0.3, 0.4) is 0 Å². The number of carbonyl (C=O) groups excluding carboxylic acids is 1. The van der Waals surface area contributed by atoms with Crippen molar-refractivity contribution < 1.29 is 9.21 Å². The number of halogens is 1. The Bertz CT molecular complexity index is 633. The van der Waals surface area contributed by atoms with Crippen molar-refractivity contribution in [3.8, 4) is 0 Å². The van der Waals surface area contributed by atoms with Crippen molar-refractivity contribution >= 4 is 17.5 Å². The van der Waals surface area contributed by atoms with E-state index in [-0.39, 0.29) is 11.3 Å². The minimum Gasteiger partial charge on any atom is -0.469 e. The molecule has 1 aromatic heterocycles. The molecule has 0 saturated carbocycles. The Balaban J connectivity index is 2.00. The molecular formula is C15H14ClNO2. The Kier molecular flexibility index (Phi) is 3.07. The van der Waals surface area contributed by atoms with E-state index in [2.05, 4.69) is 5.32 Å². The topological polar surface area (TPSA) is 42.2 Å². The van der Waals surface area contributed by atoms with Crippen molar-refractivity contribution in [1.29, 1.82) is 0 Å². The molecule has 1 aliphatic rings. The van der Waals surface area contributed by atoms with Gasteiger partial charge in [0.25, 0.3) is 5.91 Å². The summed E-state index contributed by atoms with van der Waals surface area (Å²) in [6.45, 7) is 2.59. The molecule has 1 aliphatic heterocycles. The van der Waals surface area contributed by atoms with Crippen molar-refractivity contribution in [3.63, 3.8) is 0 Å². The van der Waals surface area contributed by atoms with Crippen LogP contribution in [0.1, 0.15) is 38.2 Å². The van der Waals surface area contributed by atoms with E-state index in [4.69, 9.17) is 16.0 Å². The van der Waals surface area contributed by atoms with E-state index in [1.165, 1.54) is 0 Å². The molecule has 2 heterocycles. The van der Waals surface area contributed by atoms with E-state index < -0.39 is 0 Å². The predicted molar refractivity (Wildman–Crippen MR) is 73.6 cm³/mol. The van der Waals surface area contributed by atoms with Crippen molar-refractivity contribution in [1.82, 2.24) is 5.32 Å². The average molecular weight is 276 g/mol. The molecule has 3 nitrogen and oxygen atoms in total. The summed E-state index contributed by atoms with van der Waals surface area (Å²) in [5, 5.41) is 2.56. The van der Waals surface area contributed by atoms with Gasteiger partial charge in [0, 0.05) is 17.7 Å². The van der Waals surface area contributed by atoms with Crippen LogP contribution in [0.15, 0.2) is 34.9 Å². The fourth-order valence-electron chi connectivity index (χ4n) is 2.42. The van der Waals surface area contributed by atoms with E-state index in [0.29, 0.717) is 6.54 Å². The minimum absolute atomic E-state index is 0.0177. The maximum absolute atomic E-state index is 11.8. The molecule has 0 saturated heterocycles. The zero-order valence-electron chi connectivity index (χ0n) is 10.6. The van der Waals surface area contributed by atoms with Gasteiger partial charge in [-0.1, -0.05) is 12.1 Å². The summed E-state index contributed by atoms with van der Waals surface area (Å²) in [7, 11) is 0. The van der Waals surface area contributed by atoms with Gasteiger partial charge in [-0.2, -0.15) is 0 Å². The quantitative estimate of drug-likeness (QED) is 0.855. The highest BCUT2D eigenvalue weighted by atomic mass is 35.5. The van der Waals surface area contributed by atoms with Gasteiger partial charge in [0.2, 0.25) is 0 Å². The van der Waals surface area contributed by atoms with Crippen LogP contribution >= 0.6 is 11.6 Å². The summed E-state index contributed by atoms with van der Waals surface area (Å²) >= 11 is 6.48. The summed E-state index contributed by atoms with van der Waals surface area (Å²) in [6, 6.07) is 7.73. The second kappa shape index (κ2) is 4.74. The second-order valence-electron chi connectivity index (χ2n) is 4.72. The number of furan rings is 1. The third-order valence-electron chi connectivity index (χ3n) is 3.52. The highest BCUT2D eigenvalue weighted by Gasteiger charge is 2.21. The zero-order valence-corrected chi connectivity index (χ0v) is 11.3. The van der Waals surface area contributed by atoms with Gasteiger partial charge < -0.3 is 9.73 Å². The standard InChI is InChI=1S/C15H14ClNO2/c1-9-12(5-7-19-9)14(16)11-3-2-10-4-6-17-15(18)13(10)8-11/h2-3,5,7-8,14H,4,6H2,1H3,(H,17,18). The number of aryl methyl sites for hydroxylation is 1. The summed E-state index contributed by atoms with van der Waals surface area (Å²) < 4.78 is 5.28. The van der Waals surface area contributed by atoms with Gasteiger partial charge in [-0.25, -0.2) is 0 Å². The molecule has 1 amide bonds. The number of alkyl halides is 1. The number of hydrogen-bond acceptors (Lipinski definition) is 2. The summed E-state index contributed by atoms with van der Waals surface area (Å²) in [5.41, 5.74) is 3.68. The van der Waals surface area contributed by atoms with Gasteiger partial charge in [0.05, 0.1) is 11.6 Å². The van der Waals surface area contributed by atoms with Crippen LogP contribution < -0.4 is 5.32 Å². The van der Waals surface area contributed by atoms with Gasteiger partial charge in [-0.15, -0.1) is 11.6 Å². The van der Waals surface area contributed by atoms with E-state index in [9.17, 15) is 4.79 Å². The molecule has 3 rings (SSSR count). The normalized spacial score (nSPS) is 15.8. The Hall–Kier alpha value is -1.74. The molecule has 0 aliphatic carbocycles. The van der Waals surface area contributed by atoms with Gasteiger partial charge in [0.1, 0.15) is 5.76 Å². The fraction of sp³-hybridized carbons (Fsp3) is 0.267. The first-order chi connectivity index (χ1) is 9.16. The molecule has 1 aromatic carbocycles. The maximum Gasteiger partial charge on any atom is 0.251 e. The van der Waals surface area contributed by atoms with E-state index in [1.54, 1.807) is 6.26 Å². The molecule has 0 fully saturated rings. The molecular weight excluding hydrogens is 262 g/mol. The van der Waals surface area contributed by atoms with Crippen molar-refractivity contribution in [2.75, 3.05) is 6.54 Å². The van der Waals surface area contributed by atoms with E-state index >= 15 is 0 Å². The molecule has 1 unspecified atom stereocenters. The Morgan fingerprint density at radius 2 is 2.21 bits per heavy atom. The second-order valence-corrected chi connectivity index (χ2v) is 5.15. The van der Waals surface area contributed by atoms with Crippen LogP contribution in [-0.2, 0) is 6.42 Å². The minimum atomic E-state index is -0.293. The molecule has 1 atom stereocenters. The molecule has 2 aromatic rings. The first-order valence-electron chi connectivity index (χ1n) is 6.26. The van der Waals surface area contributed by atoms with Crippen LogP contribution in [0.4, 0.5) is 0 Å². The number of fused-ring (bicyclic) bond motifs is 1. The number of carbonyl (C=O) groups is 1. The monoisotopic (exact) mass is 275 g/mol.